The van der Waals surface area contributed by atoms with Crippen LogP contribution in [0.4, 0.5) is 4.39 Å². The molecule has 0 N–H and O–H groups in total. The fourth-order valence-corrected chi connectivity index (χ4v) is 0.591. The Labute approximate surface area is 52.0 Å². The van der Waals surface area contributed by atoms with Gasteiger partial charge in [-0.3, -0.25) is 0 Å². The van der Waals surface area contributed by atoms with E-state index in [4.69, 9.17) is 11.6 Å². The van der Waals surface area contributed by atoms with E-state index >= 15 is 0 Å². The van der Waals surface area contributed by atoms with Crippen molar-refractivity contribution in [2.24, 2.45) is 4.99 Å². The minimum atomic E-state index is -0.604. The molecule has 0 aromatic rings. The Morgan fingerprint density at radius 1 is 2.00 bits per heavy atom. The van der Waals surface area contributed by atoms with Gasteiger partial charge in [0.05, 0.1) is 6.54 Å². The molecular formula is C4H4ClFN2. The van der Waals surface area contributed by atoms with Crippen LogP contribution in [0.15, 0.2) is 4.99 Å². The van der Waals surface area contributed by atoms with Crippen molar-refractivity contribution in [1.82, 2.24) is 4.90 Å². The fourth-order valence-electron chi connectivity index (χ4n) is 0.411. The highest BCUT2D eigenvalue weighted by atomic mass is 35.5. The van der Waals surface area contributed by atoms with Crippen LogP contribution in [0.25, 0.3) is 0 Å². The maximum atomic E-state index is 11.6. The van der Waals surface area contributed by atoms with Gasteiger partial charge in [-0.05, 0) is 0 Å². The summed E-state index contributed by atoms with van der Waals surface area (Å²) in [6.45, 7) is 0.842. The van der Waals surface area contributed by atoms with Gasteiger partial charge in [-0.25, -0.2) is 9.38 Å². The first-order valence-electron chi connectivity index (χ1n) is 2.10. The van der Waals surface area contributed by atoms with Crippen molar-refractivity contribution in [3.8, 4) is 0 Å². The maximum Gasteiger partial charge on any atom is 0.171 e. The van der Waals surface area contributed by atoms with Gasteiger partial charge in [0.25, 0.3) is 0 Å². The first-order valence-corrected chi connectivity index (χ1v) is 2.54. The van der Waals surface area contributed by atoms with E-state index in [1.54, 1.807) is 0 Å². The fraction of sp³-hybridized carbons (Fsp3) is 0.500. The summed E-state index contributed by atoms with van der Waals surface area (Å²) in [6, 6.07) is 0. The Morgan fingerprint density at radius 3 is 3.00 bits per heavy atom. The lowest BCUT2D eigenvalue weighted by atomic mass is 10.6. The molecule has 8 heavy (non-hydrogen) atoms. The van der Waals surface area contributed by atoms with Crippen LogP contribution in [0.5, 0.6) is 0 Å². The molecule has 0 saturated carbocycles. The average molecular weight is 135 g/mol. The normalized spacial score (nSPS) is 27.2. The third-order valence-corrected chi connectivity index (χ3v) is 0.952. The lowest BCUT2D eigenvalue weighted by molar-refractivity contribution is 0.334. The number of nitrogens with zero attached hydrogens (tertiary/aromatic N) is 2. The van der Waals surface area contributed by atoms with E-state index in [9.17, 15) is 4.39 Å². The zero-order chi connectivity index (χ0) is 5.98. The van der Waals surface area contributed by atoms with E-state index in [0.29, 0.717) is 0 Å². The minimum Gasteiger partial charge on any atom is -0.318 e. The van der Waals surface area contributed by atoms with Gasteiger partial charge < -0.3 is 4.90 Å². The zero-order valence-electron chi connectivity index (χ0n) is 4.01. The molecule has 2 nitrogen and oxygen atoms in total. The molecule has 0 amide bonds. The topological polar surface area (TPSA) is 15.6 Å². The molecule has 1 rings (SSSR count). The first kappa shape index (κ1) is 5.82. The highest BCUT2D eigenvalue weighted by Crippen LogP contribution is 2.10. The number of hydrogen-bond acceptors (Lipinski definition) is 2. The molecule has 1 unspecified atom stereocenters. The molecule has 1 aliphatic heterocycles. The quantitative estimate of drug-likeness (QED) is 0.384. The smallest absolute Gasteiger partial charge is 0.171 e. The first-order chi connectivity index (χ1) is 3.83. The van der Waals surface area contributed by atoms with Gasteiger partial charge in [-0.1, -0.05) is 11.6 Å². The van der Waals surface area contributed by atoms with Crippen molar-refractivity contribution in [3.63, 3.8) is 0 Å². The summed E-state index contributed by atoms with van der Waals surface area (Å²) >= 11 is 5.39. The third-order valence-electron chi connectivity index (χ3n) is 0.741. The monoisotopic (exact) mass is 134 g/mol. The Balaban J connectivity index is 2.34. The van der Waals surface area contributed by atoms with Gasteiger partial charge in [0.15, 0.2) is 13.1 Å². The summed E-state index contributed by atoms with van der Waals surface area (Å²) in [7, 11) is 0. The average Bonchev–Trinajstić information content (AvgIpc) is 2.14. The number of alkyl halides is 2. The molecule has 1 atom stereocenters. The summed E-state index contributed by atoms with van der Waals surface area (Å²) in [5.74, 6) is 0. The van der Waals surface area contributed by atoms with E-state index in [1.165, 1.54) is 6.54 Å². The van der Waals surface area contributed by atoms with Gasteiger partial charge in [0.1, 0.15) is 5.50 Å². The van der Waals surface area contributed by atoms with Gasteiger partial charge in [0.2, 0.25) is 0 Å². The number of rotatable bonds is 1. The molecule has 4 heteroatoms. The largest absolute Gasteiger partial charge is 0.318 e. The van der Waals surface area contributed by atoms with Crippen LogP contribution in [-0.2, 0) is 0 Å². The van der Waals surface area contributed by atoms with E-state index in [-0.39, 0.29) is 0 Å². The van der Waals surface area contributed by atoms with Crippen LogP contribution in [-0.4, -0.2) is 23.5 Å². The second kappa shape index (κ2) is 2.31. The lowest BCUT2D eigenvalue weighted by Gasteiger charge is -2.04. The Morgan fingerprint density at radius 2 is 2.75 bits per heavy atom. The van der Waals surface area contributed by atoms with Crippen LogP contribution in [0, 0.1) is 6.54 Å². The summed E-state index contributed by atoms with van der Waals surface area (Å²) in [6.07, 6.45) is 2.35. The predicted molar refractivity (Wildman–Crippen MR) is 29.2 cm³/mol. The van der Waals surface area contributed by atoms with Crippen LogP contribution < -0.4 is 0 Å². The van der Waals surface area contributed by atoms with Crippen LogP contribution in [0.1, 0.15) is 0 Å². The molecule has 2 radical (unpaired) electrons. The standard InChI is InChI=1S/C4H4ClFN2/c5-4-1-8(2-6)3-7-4/h1,4H,2H2. The molecular weight excluding hydrogens is 131 g/mol. The van der Waals surface area contributed by atoms with Crippen LogP contribution >= 0.6 is 11.6 Å². The molecule has 0 aromatic heterocycles. The molecule has 0 bridgehead atoms. The summed E-state index contributed by atoms with van der Waals surface area (Å²) in [5, 5.41) is 0. The van der Waals surface area contributed by atoms with Crippen molar-refractivity contribution in [3.05, 3.63) is 6.54 Å². The summed E-state index contributed by atoms with van der Waals surface area (Å²) in [4.78, 5) is 4.70. The van der Waals surface area contributed by atoms with Gasteiger partial charge in [-0.2, -0.15) is 0 Å². The van der Waals surface area contributed by atoms with Gasteiger partial charge in [-0.15, -0.1) is 0 Å². The van der Waals surface area contributed by atoms with Crippen LogP contribution in [0.2, 0.25) is 0 Å². The molecule has 0 saturated heterocycles. The highest BCUT2D eigenvalue weighted by Gasteiger charge is 2.14. The van der Waals surface area contributed by atoms with E-state index in [1.807, 2.05) is 0 Å². The second-order valence-corrected chi connectivity index (χ2v) is 1.79. The minimum absolute atomic E-state index is 0.425. The van der Waals surface area contributed by atoms with Crippen molar-refractivity contribution < 1.29 is 4.39 Å². The molecule has 44 valence electrons. The Kier molecular flexibility index (Phi) is 1.68. The second-order valence-electron chi connectivity index (χ2n) is 1.34. The molecule has 0 aliphatic carbocycles. The Bertz CT molecular complexity index is 106. The van der Waals surface area contributed by atoms with Gasteiger partial charge in [0, 0.05) is 0 Å². The molecule has 0 spiro atoms. The zero-order valence-corrected chi connectivity index (χ0v) is 4.77. The molecule has 0 aromatic carbocycles. The molecule has 1 aliphatic rings. The molecule has 0 fully saturated rings. The summed E-state index contributed by atoms with van der Waals surface area (Å²) in [5.41, 5.74) is -0.425. The van der Waals surface area contributed by atoms with Crippen molar-refractivity contribution in [1.29, 1.82) is 0 Å². The summed E-state index contributed by atoms with van der Waals surface area (Å²) < 4.78 is 11.6. The number of aliphatic imine (C=N–C) groups is 1. The lowest BCUT2D eigenvalue weighted by Crippen LogP contribution is -2.14. The molecule has 1 heterocycles. The van der Waals surface area contributed by atoms with Crippen molar-refractivity contribution >= 4 is 17.9 Å². The van der Waals surface area contributed by atoms with E-state index < -0.39 is 12.3 Å². The van der Waals surface area contributed by atoms with Crippen molar-refractivity contribution in [2.45, 2.75) is 5.50 Å². The highest BCUT2D eigenvalue weighted by molar-refractivity contribution is 6.22. The van der Waals surface area contributed by atoms with Crippen molar-refractivity contribution in [2.75, 3.05) is 6.80 Å². The van der Waals surface area contributed by atoms with E-state index in [2.05, 4.69) is 11.3 Å². The third kappa shape index (κ3) is 1.10. The maximum absolute atomic E-state index is 11.6. The predicted octanol–water partition coefficient (Wildman–Crippen LogP) is 0.861. The Hall–Kier alpha value is -0.310. The number of halogens is 2. The number of hydrogen-bond donors (Lipinski definition) is 0. The van der Waals surface area contributed by atoms with Crippen LogP contribution in [0.3, 0.4) is 0 Å². The van der Waals surface area contributed by atoms with Gasteiger partial charge >= 0.3 is 0 Å². The SMILES string of the molecule is FCN1[C]=NC(Cl)[CH]1. The van der Waals surface area contributed by atoms with E-state index in [0.717, 1.165) is 4.90 Å².